The van der Waals surface area contributed by atoms with Gasteiger partial charge in [-0.2, -0.15) is 5.10 Å². The lowest BCUT2D eigenvalue weighted by Crippen LogP contribution is -2.14. The van der Waals surface area contributed by atoms with E-state index in [1.165, 1.54) is 6.20 Å². The molecule has 1 aromatic carbocycles. The van der Waals surface area contributed by atoms with Crippen molar-refractivity contribution >= 4 is 11.7 Å². The van der Waals surface area contributed by atoms with E-state index in [0.717, 1.165) is 16.9 Å². The van der Waals surface area contributed by atoms with Gasteiger partial charge in [0.05, 0.1) is 23.8 Å². The van der Waals surface area contributed by atoms with Crippen molar-refractivity contribution in [3.05, 3.63) is 65.9 Å². The van der Waals surface area contributed by atoms with Crippen LogP contribution in [-0.2, 0) is 6.54 Å². The Morgan fingerprint density at radius 1 is 1.24 bits per heavy atom. The summed E-state index contributed by atoms with van der Waals surface area (Å²) in [7, 11) is 0. The smallest absolute Gasteiger partial charge is 0.268 e. The van der Waals surface area contributed by atoms with Gasteiger partial charge >= 0.3 is 0 Å². The molecule has 0 saturated carbocycles. The van der Waals surface area contributed by atoms with Crippen molar-refractivity contribution < 1.29 is 4.79 Å². The van der Waals surface area contributed by atoms with Gasteiger partial charge in [-0.3, -0.25) is 9.78 Å². The summed E-state index contributed by atoms with van der Waals surface area (Å²) in [6.45, 7) is 4.74. The molecule has 2 aromatic heterocycles. The Hall–Kier alpha value is -3.22. The van der Waals surface area contributed by atoms with Crippen LogP contribution >= 0.6 is 0 Å². The van der Waals surface area contributed by atoms with Crippen LogP contribution in [0.15, 0.2) is 48.9 Å². The van der Waals surface area contributed by atoms with E-state index in [1.807, 2.05) is 41.2 Å². The maximum atomic E-state index is 11.2. The zero-order valence-corrected chi connectivity index (χ0v) is 14.2. The molecule has 0 fully saturated rings. The fraction of sp³-hybridized carbons (Fsp3) is 0.222. The fourth-order valence-electron chi connectivity index (χ4n) is 2.51. The molecule has 128 valence electrons. The number of nitrogens with two attached hydrogens (primary N) is 1. The first-order valence-electron chi connectivity index (χ1n) is 8.04. The van der Waals surface area contributed by atoms with E-state index in [1.54, 1.807) is 6.20 Å². The van der Waals surface area contributed by atoms with Crippen LogP contribution in [0.1, 0.15) is 41.5 Å². The summed E-state index contributed by atoms with van der Waals surface area (Å²) < 4.78 is 1.87. The van der Waals surface area contributed by atoms with Crippen molar-refractivity contribution in [2.24, 2.45) is 5.73 Å². The third-order valence-corrected chi connectivity index (χ3v) is 3.74. The number of aromatic nitrogens is 4. The molecule has 3 aromatic rings. The average Bonchev–Trinajstić information content (AvgIpc) is 3.05. The zero-order chi connectivity index (χ0) is 17.8. The second-order valence-electron chi connectivity index (χ2n) is 5.98. The van der Waals surface area contributed by atoms with E-state index in [4.69, 9.17) is 10.8 Å². The normalized spacial score (nSPS) is 10.8. The number of hydrogen-bond donors (Lipinski definition) is 2. The molecule has 2 heterocycles. The van der Waals surface area contributed by atoms with Gasteiger partial charge in [-0.05, 0) is 18.1 Å². The Balaban J connectivity index is 1.83. The molecule has 0 spiro atoms. The molecule has 0 aliphatic carbocycles. The van der Waals surface area contributed by atoms with Crippen LogP contribution in [0.2, 0.25) is 0 Å². The Morgan fingerprint density at radius 3 is 2.68 bits per heavy atom. The number of hydrogen-bond acceptors (Lipinski definition) is 5. The molecule has 0 bridgehead atoms. The molecule has 0 aliphatic heterocycles. The Bertz CT molecular complexity index is 872. The van der Waals surface area contributed by atoms with Crippen LogP contribution in [-0.4, -0.2) is 25.7 Å². The molecular formula is C18H20N6O. The number of primary amides is 1. The topological polar surface area (TPSA) is 98.7 Å². The number of rotatable bonds is 6. The highest BCUT2D eigenvalue weighted by atomic mass is 16.1. The number of benzene rings is 1. The lowest BCUT2D eigenvalue weighted by atomic mass is 10.1. The molecule has 0 unspecified atom stereocenters. The first kappa shape index (κ1) is 16.6. The molecule has 0 saturated heterocycles. The first-order valence-corrected chi connectivity index (χ1v) is 8.04. The van der Waals surface area contributed by atoms with Gasteiger partial charge in [-0.1, -0.05) is 32.0 Å². The van der Waals surface area contributed by atoms with Gasteiger partial charge in [0, 0.05) is 18.3 Å². The molecule has 7 nitrogen and oxygen atoms in total. The summed E-state index contributed by atoms with van der Waals surface area (Å²) in [6.07, 6.45) is 4.91. The molecule has 3 N–H and O–H groups in total. The predicted octanol–water partition coefficient (Wildman–Crippen LogP) is 2.50. The van der Waals surface area contributed by atoms with E-state index in [2.05, 4.69) is 29.1 Å². The molecule has 1 amide bonds. The van der Waals surface area contributed by atoms with Crippen molar-refractivity contribution in [1.82, 2.24) is 19.7 Å². The van der Waals surface area contributed by atoms with Gasteiger partial charge < -0.3 is 11.1 Å². The van der Waals surface area contributed by atoms with Crippen LogP contribution in [0.3, 0.4) is 0 Å². The minimum absolute atomic E-state index is 0.133. The number of amides is 1. The molecule has 3 rings (SSSR count). The van der Waals surface area contributed by atoms with Crippen LogP contribution in [0.4, 0.5) is 5.82 Å². The summed E-state index contributed by atoms with van der Waals surface area (Å²) in [5.41, 5.74) is 8.45. The molecular weight excluding hydrogens is 316 g/mol. The van der Waals surface area contributed by atoms with Gasteiger partial charge in [0.1, 0.15) is 11.5 Å². The number of anilines is 1. The maximum Gasteiger partial charge on any atom is 0.268 e. The second kappa shape index (κ2) is 7.12. The standard InChI is InChI=1S/C18H20N6O/c1-12(2)17-13(11-24(23-17)14-6-4-3-5-7-14)8-21-16-10-20-9-15(22-16)18(19)25/h3-7,9-12H,8H2,1-2H3,(H2,19,25)(H,21,22). The highest BCUT2D eigenvalue weighted by Crippen LogP contribution is 2.21. The summed E-state index contributed by atoms with van der Waals surface area (Å²) in [5, 5.41) is 7.89. The van der Waals surface area contributed by atoms with Crippen molar-refractivity contribution in [1.29, 1.82) is 0 Å². The van der Waals surface area contributed by atoms with Crippen LogP contribution in [0.5, 0.6) is 0 Å². The molecule has 0 aliphatic rings. The number of nitrogens with one attached hydrogen (secondary N) is 1. The number of para-hydroxylation sites is 1. The molecule has 25 heavy (non-hydrogen) atoms. The maximum absolute atomic E-state index is 11.2. The van der Waals surface area contributed by atoms with Crippen LogP contribution in [0.25, 0.3) is 5.69 Å². The van der Waals surface area contributed by atoms with E-state index in [9.17, 15) is 4.79 Å². The van der Waals surface area contributed by atoms with Gasteiger partial charge in [-0.15, -0.1) is 0 Å². The number of nitrogens with zero attached hydrogens (tertiary/aromatic N) is 4. The summed E-state index contributed by atoms with van der Waals surface area (Å²) in [5.74, 6) is 0.180. The van der Waals surface area contributed by atoms with Gasteiger partial charge in [0.15, 0.2) is 0 Å². The average molecular weight is 336 g/mol. The molecule has 0 radical (unpaired) electrons. The second-order valence-corrected chi connectivity index (χ2v) is 5.98. The lowest BCUT2D eigenvalue weighted by molar-refractivity contribution is 0.0995. The van der Waals surface area contributed by atoms with Gasteiger partial charge in [-0.25, -0.2) is 9.67 Å². The first-order chi connectivity index (χ1) is 12.0. The highest BCUT2D eigenvalue weighted by molar-refractivity contribution is 5.90. The molecule has 0 atom stereocenters. The van der Waals surface area contributed by atoms with Gasteiger partial charge in [0.25, 0.3) is 5.91 Å². The van der Waals surface area contributed by atoms with E-state index in [0.29, 0.717) is 12.4 Å². The van der Waals surface area contributed by atoms with Crippen LogP contribution in [0, 0.1) is 0 Å². The lowest BCUT2D eigenvalue weighted by Gasteiger charge is -2.07. The number of carbonyl (C=O) groups is 1. The van der Waals surface area contributed by atoms with Crippen molar-refractivity contribution in [2.75, 3.05) is 5.32 Å². The fourth-order valence-corrected chi connectivity index (χ4v) is 2.51. The Kier molecular flexibility index (Phi) is 4.74. The van der Waals surface area contributed by atoms with E-state index < -0.39 is 5.91 Å². The minimum Gasteiger partial charge on any atom is -0.365 e. The van der Waals surface area contributed by atoms with Crippen LogP contribution < -0.4 is 11.1 Å². The Labute approximate surface area is 145 Å². The van der Waals surface area contributed by atoms with Gasteiger partial charge in [0.2, 0.25) is 0 Å². The van der Waals surface area contributed by atoms with E-state index >= 15 is 0 Å². The minimum atomic E-state index is -0.601. The summed E-state index contributed by atoms with van der Waals surface area (Å²) in [6, 6.07) is 9.96. The zero-order valence-electron chi connectivity index (χ0n) is 14.2. The van der Waals surface area contributed by atoms with Crippen molar-refractivity contribution in [3.63, 3.8) is 0 Å². The number of carbonyl (C=O) groups excluding carboxylic acids is 1. The monoisotopic (exact) mass is 336 g/mol. The highest BCUT2D eigenvalue weighted by Gasteiger charge is 2.14. The Morgan fingerprint density at radius 2 is 2.00 bits per heavy atom. The molecule has 7 heteroatoms. The predicted molar refractivity (Wildman–Crippen MR) is 95.5 cm³/mol. The quantitative estimate of drug-likeness (QED) is 0.720. The third kappa shape index (κ3) is 3.82. The van der Waals surface area contributed by atoms with E-state index in [-0.39, 0.29) is 11.6 Å². The summed E-state index contributed by atoms with van der Waals surface area (Å²) in [4.78, 5) is 19.3. The largest absolute Gasteiger partial charge is 0.365 e. The van der Waals surface area contributed by atoms with Crippen molar-refractivity contribution in [3.8, 4) is 5.69 Å². The SMILES string of the molecule is CC(C)c1nn(-c2ccccc2)cc1CNc1cncc(C(N)=O)n1. The van der Waals surface area contributed by atoms with Crippen molar-refractivity contribution in [2.45, 2.75) is 26.3 Å². The third-order valence-electron chi connectivity index (χ3n) is 3.74. The summed E-state index contributed by atoms with van der Waals surface area (Å²) >= 11 is 0.